The Hall–Kier alpha value is -6.19. The van der Waals surface area contributed by atoms with Gasteiger partial charge in [-0.1, -0.05) is 109 Å². The average Bonchev–Trinajstić information content (AvgIpc) is 3.70. The Morgan fingerprint density at radius 2 is 1.02 bits per heavy atom. The normalized spacial score (nSPS) is 11.9. The highest BCUT2D eigenvalue weighted by Crippen LogP contribution is 2.41. The Bertz CT molecular complexity index is 2800. The Kier molecular flexibility index (Phi) is 5.28. The zero-order valence-corrected chi connectivity index (χ0v) is 24.7. The summed E-state index contributed by atoms with van der Waals surface area (Å²) < 4.78 is 13.1. The third-order valence-electron chi connectivity index (χ3n) is 9.25. The molecular weight excluding hydrogens is 562 g/mol. The highest BCUT2D eigenvalue weighted by atomic mass is 16.3. The molecule has 46 heavy (non-hydrogen) atoms. The fraction of sp³-hybridized carbons (Fsp3) is 0. The first kappa shape index (κ1) is 25.2. The third-order valence-corrected chi connectivity index (χ3v) is 9.25. The minimum Gasteiger partial charge on any atom is -0.455 e. The van der Waals surface area contributed by atoms with E-state index in [4.69, 9.17) is 13.8 Å². The number of pyridine rings is 1. The number of nitrogens with zero attached hydrogens (tertiary/aromatic N) is 1. The molecule has 0 saturated heterocycles. The van der Waals surface area contributed by atoms with E-state index >= 15 is 0 Å². The topological polar surface area (TPSA) is 39.2 Å². The Morgan fingerprint density at radius 1 is 0.370 bits per heavy atom. The van der Waals surface area contributed by atoms with Crippen molar-refractivity contribution in [2.75, 3.05) is 0 Å². The highest BCUT2D eigenvalue weighted by Gasteiger charge is 2.18. The zero-order valence-electron chi connectivity index (χ0n) is 24.7. The molecule has 0 atom stereocenters. The molecule has 0 N–H and O–H groups in total. The van der Waals surface area contributed by atoms with Crippen LogP contribution in [0.3, 0.4) is 0 Å². The second-order valence-corrected chi connectivity index (χ2v) is 11.9. The predicted octanol–water partition coefficient (Wildman–Crippen LogP) is 12.2. The van der Waals surface area contributed by atoms with Crippen LogP contribution in [0.15, 0.2) is 160 Å². The summed E-state index contributed by atoms with van der Waals surface area (Å²) in [6, 6.07) is 53.0. The number of aromatic nitrogens is 1. The number of rotatable bonds is 3. The van der Waals surface area contributed by atoms with Gasteiger partial charge in [0.15, 0.2) is 0 Å². The Morgan fingerprint density at radius 3 is 1.83 bits per heavy atom. The quantitative estimate of drug-likeness (QED) is 0.206. The molecule has 0 radical (unpaired) electrons. The second-order valence-electron chi connectivity index (χ2n) is 11.9. The van der Waals surface area contributed by atoms with Crippen LogP contribution in [0.4, 0.5) is 0 Å². The summed E-state index contributed by atoms with van der Waals surface area (Å²) in [4.78, 5) is 5.26. The average molecular weight is 588 g/mol. The molecule has 3 nitrogen and oxygen atoms in total. The van der Waals surface area contributed by atoms with Crippen molar-refractivity contribution in [3.05, 3.63) is 152 Å². The predicted molar refractivity (Wildman–Crippen MR) is 190 cm³/mol. The molecule has 214 valence electrons. The van der Waals surface area contributed by atoms with Gasteiger partial charge in [-0.2, -0.15) is 0 Å². The standard InChI is InChI=1S/C43H25NO2/c1-2-11-28(12-3-1)37-23-30(29-19-20-33-34-21-17-26-9-4-6-13-31(26)42(34)46-40(33)25-29)24-38(44-37)35-15-8-16-39-41(35)36-22-18-27-10-5-7-14-32(27)43(36)45-39/h1-25H. The van der Waals surface area contributed by atoms with Crippen molar-refractivity contribution in [1.29, 1.82) is 0 Å². The van der Waals surface area contributed by atoms with E-state index in [2.05, 4.69) is 146 Å². The van der Waals surface area contributed by atoms with Crippen molar-refractivity contribution in [1.82, 2.24) is 4.98 Å². The monoisotopic (exact) mass is 587 g/mol. The summed E-state index contributed by atoms with van der Waals surface area (Å²) in [6.07, 6.45) is 0. The first-order valence-electron chi connectivity index (χ1n) is 15.5. The van der Waals surface area contributed by atoms with E-state index in [1.165, 1.54) is 5.39 Å². The first-order chi connectivity index (χ1) is 22.8. The summed E-state index contributed by atoms with van der Waals surface area (Å²) in [5.41, 5.74) is 9.63. The van der Waals surface area contributed by atoms with Crippen molar-refractivity contribution in [2.45, 2.75) is 0 Å². The summed E-state index contributed by atoms with van der Waals surface area (Å²) in [5.74, 6) is 0. The molecule has 3 heteroatoms. The molecule has 0 aliphatic rings. The van der Waals surface area contributed by atoms with E-state index in [1.807, 2.05) is 6.07 Å². The van der Waals surface area contributed by atoms with E-state index in [0.29, 0.717) is 0 Å². The van der Waals surface area contributed by atoms with Crippen LogP contribution >= 0.6 is 0 Å². The van der Waals surface area contributed by atoms with Crippen molar-refractivity contribution in [3.63, 3.8) is 0 Å². The smallest absolute Gasteiger partial charge is 0.143 e. The van der Waals surface area contributed by atoms with Gasteiger partial charge in [-0.25, -0.2) is 4.98 Å². The molecule has 10 aromatic rings. The van der Waals surface area contributed by atoms with E-state index in [0.717, 1.165) is 93.7 Å². The fourth-order valence-electron chi connectivity index (χ4n) is 7.04. The summed E-state index contributed by atoms with van der Waals surface area (Å²) in [5, 5.41) is 8.99. The molecule has 7 aromatic carbocycles. The number of fused-ring (bicyclic) bond motifs is 10. The van der Waals surface area contributed by atoms with Gasteiger partial charge < -0.3 is 8.83 Å². The highest BCUT2D eigenvalue weighted by molar-refractivity contribution is 6.19. The summed E-state index contributed by atoms with van der Waals surface area (Å²) >= 11 is 0. The summed E-state index contributed by atoms with van der Waals surface area (Å²) in [7, 11) is 0. The molecule has 0 unspecified atom stereocenters. The molecule has 0 bridgehead atoms. The van der Waals surface area contributed by atoms with Crippen LogP contribution in [0.2, 0.25) is 0 Å². The minimum absolute atomic E-state index is 0.855. The molecule has 0 aliphatic heterocycles. The largest absolute Gasteiger partial charge is 0.455 e. The zero-order chi connectivity index (χ0) is 30.2. The van der Waals surface area contributed by atoms with Gasteiger partial charge >= 0.3 is 0 Å². The van der Waals surface area contributed by atoms with Crippen molar-refractivity contribution < 1.29 is 8.83 Å². The molecule has 0 spiro atoms. The number of benzene rings is 7. The second kappa shape index (κ2) is 9.65. The maximum atomic E-state index is 6.56. The number of hydrogen-bond donors (Lipinski definition) is 0. The van der Waals surface area contributed by atoms with E-state index in [-0.39, 0.29) is 0 Å². The lowest BCUT2D eigenvalue weighted by atomic mass is 9.96. The van der Waals surface area contributed by atoms with Crippen LogP contribution in [0.1, 0.15) is 0 Å². The van der Waals surface area contributed by atoms with Gasteiger partial charge in [-0.3, -0.25) is 0 Å². The van der Waals surface area contributed by atoms with Gasteiger partial charge in [0.1, 0.15) is 22.3 Å². The lowest BCUT2D eigenvalue weighted by molar-refractivity contribution is 0.672. The SMILES string of the molecule is c1ccc(-c2cc(-c3ccc4c(c3)oc3c5ccccc5ccc43)cc(-c3cccc4oc5c6ccccc6ccc5c34)n2)cc1. The van der Waals surface area contributed by atoms with Gasteiger partial charge in [0, 0.05) is 43.4 Å². The fourth-order valence-corrected chi connectivity index (χ4v) is 7.04. The molecule has 0 amide bonds. The van der Waals surface area contributed by atoms with Crippen LogP contribution in [-0.4, -0.2) is 4.98 Å². The van der Waals surface area contributed by atoms with Crippen LogP contribution in [-0.2, 0) is 0 Å². The van der Waals surface area contributed by atoms with E-state index in [9.17, 15) is 0 Å². The van der Waals surface area contributed by atoms with Gasteiger partial charge in [0.05, 0.1) is 11.4 Å². The molecule has 3 heterocycles. The van der Waals surface area contributed by atoms with Crippen molar-refractivity contribution in [2.24, 2.45) is 0 Å². The van der Waals surface area contributed by atoms with Crippen molar-refractivity contribution >= 4 is 65.4 Å². The van der Waals surface area contributed by atoms with Crippen LogP contribution in [0.5, 0.6) is 0 Å². The minimum atomic E-state index is 0.855. The molecular formula is C43H25NO2. The third kappa shape index (κ3) is 3.75. The maximum absolute atomic E-state index is 6.56. The molecule has 0 saturated carbocycles. The van der Waals surface area contributed by atoms with Crippen LogP contribution in [0, 0.1) is 0 Å². The lowest BCUT2D eigenvalue weighted by Crippen LogP contribution is -1.92. The van der Waals surface area contributed by atoms with Crippen LogP contribution in [0.25, 0.3) is 99.1 Å². The lowest BCUT2D eigenvalue weighted by Gasteiger charge is -2.11. The van der Waals surface area contributed by atoms with Gasteiger partial charge in [-0.15, -0.1) is 0 Å². The van der Waals surface area contributed by atoms with Gasteiger partial charge in [0.25, 0.3) is 0 Å². The Balaban J connectivity index is 1.21. The first-order valence-corrected chi connectivity index (χ1v) is 15.5. The Labute approximate surface area is 264 Å². The van der Waals surface area contributed by atoms with E-state index in [1.54, 1.807) is 0 Å². The van der Waals surface area contributed by atoms with Gasteiger partial charge in [0.2, 0.25) is 0 Å². The van der Waals surface area contributed by atoms with Crippen molar-refractivity contribution in [3.8, 4) is 33.6 Å². The molecule has 3 aromatic heterocycles. The van der Waals surface area contributed by atoms with Crippen LogP contribution < -0.4 is 0 Å². The molecule has 0 aliphatic carbocycles. The maximum Gasteiger partial charge on any atom is 0.143 e. The van der Waals surface area contributed by atoms with E-state index < -0.39 is 0 Å². The summed E-state index contributed by atoms with van der Waals surface area (Å²) in [6.45, 7) is 0. The number of furan rings is 2. The van der Waals surface area contributed by atoms with Gasteiger partial charge in [-0.05, 0) is 64.4 Å². The molecule has 10 rings (SSSR count). The molecule has 0 fully saturated rings. The number of hydrogen-bond acceptors (Lipinski definition) is 3.